The Kier molecular flexibility index (Phi) is 4.14. The van der Waals surface area contributed by atoms with Crippen molar-refractivity contribution in [1.82, 2.24) is 0 Å². The predicted molar refractivity (Wildman–Crippen MR) is 71.0 cm³/mol. The minimum Gasteiger partial charge on any atom is -0.391 e. The van der Waals surface area contributed by atoms with Crippen molar-refractivity contribution < 1.29 is 18.0 Å². The summed E-state index contributed by atoms with van der Waals surface area (Å²) in [6.45, 7) is 0. The van der Waals surface area contributed by atoms with Gasteiger partial charge in [-0.1, -0.05) is 39.9 Å². The van der Waals surface area contributed by atoms with Gasteiger partial charge in [-0.2, -0.15) is 13.2 Å². The van der Waals surface area contributed by atoms with Crippen molar-refractivity contribution >= 4 is 28.3 Å². The van der Waals surface area contributed by atoms with Crippen molar-refractivity contribution in [2.75, 3.05) is 4.43 Å². The van der Waals surface area contributed by atoms with Crippen molar-refractivity contribution in [3.8, 4) is 0 Å². The van der Waals surface area contributed by atoms with Crippen LogP contribution in [0.3, 0.4) is 0 Å². The fraction of sp³-hybridized carbons (Fsp3) is 0.417. The van der Waals surface area contributed by atoms with E-state index in [0.29, 0.717) is 11.3 Å². The van der Waals surface area contributed by atoms with Gasteiger partial charge in [0.1, 0.15) is 6.10 Å². The zero-order valence-corrected chi connectivity index (χ0v) is 11.5. The maximum absolute atomic E-state index is 12.4. The second-order valence-electron chi connectivity index (χ2n) is 4.03. The van der Waals surface area contributed by atoms with Gasteiger partial charge in [-0.05, 0) is 30.5 Å². The third-order valence-electron chi connectivity index (χ3n) is 2.73. The van der Waals surface area contributed by atoms with Gasteiger partial charge in [0.2, 0.25) is 0 Å². The van der Waals surface area contributed by atoms with E-state index < -0.39 is 11.7 Å². The predicted octanol–water partition coefficient (Wildman–Crippen LogP) is 4.02. The van der Waals surface area contributed by atoms with Gasteiger partial charge in [0, 0.05) is 4.43 Å². The van der Waals surface area contributed by atoms with E-state index in [4.69, 9.17) is 4.84 Å². The van der Waals surface area contributed by atoms with Crippen LogP contribution < -0.4 is 0 Å². The summed E-state index contributed by atoms with van der Waals surface area (Å²) in [4.78, 5) is 5.25. The zero-order chi connectivity index (χ0) is 13.2. The first-order valence-corrected chi connectivity index (χ1v) is 6.99. The molecule has 0 saturated heterocycles. The fourth-order valence-electron chi connectivity index (χ4n) is 1.69. The lowest BCUT2D eigenvalue weighted by Crippen LogP contribution is -2.20. The van der Waals surface area contributed by atoms with Crippen LogP contribution in [0.5, 0.6) is 0 Å². The molecule has 1 atom stereocenters. The molecule has 0 radical (unpaired) electrons. The minimum atomic E-state index is -4.30. The molecule has 0 amide bonds. The largest absolute Gasteiger partial charge is 0.416 e. The van der Waals surface area contributed by atoms with Crippen LogP contribution in [-0.2, 0) is 11.0 Å². The summed E-state index contributed by atoms with van der Waals surface area (Å²) in [5, 5.41) is 3.97. The first-order valence-electron chi connectivity index (χ1n) is 5.47. The number of halogens is 4. The molecule has 18 heavy (non-hydrogen) atoms. The van der Waals surface area contributed by atoms with Crippen molar-refractivity contribution in [3.05, 3.63) is 35.4 Å². The van der Waals surface area contributed by atoms with Gasteiger partial charge in [-0.3, -0.25) is 0 Å². The maximum Gasteiger partial charge on any atom is 0.416 e. The number of oxime groups is 1. The molecule has 1 aliphatic rings. The van der Waals surface area contributed by atoms with E-state index in [1.54, 1.807) is 0 Å². The summed E-state index contributed by atoms with van der Waals surface area (Å²) in [6.07, 6.45) is -2.60. The first-order chi connectivity index (χ1) is 8.50. The molecule has 0 spiro atoms. The molecule has 1 unspecified atom stereocenters. The van der Waals surface area contributed by atoms with E-state index in [9.17, 15) is 13.2 Å². The second kappa shape index (κ2) is 5.46. The molecule has 1 aliphatic heterocycles. The van der Waals surface area contributed by atoms with Gasteiger partial charge in [-0.15, -0.1) is 0 Å². The average molecular weight is 369 g/mol. The highest BCUT2D eigenvalue weighted by Crippen LogP contribution is 2.29. The fourth-order valence-corrected chi connectivity index (χ4v) is 2.29. The summed E-state index contributed by atoms with van der Waals surface area (Å²) in [5.74, 6) is 0. The van der Waals surface area contributed by atoms with Crippen LogP contribution >= 0.6 is 22.6 Å². The maximum atomic E-state index is 12.4. The molecule has 0 aliphatic carbocycles. The number of rotatable bonds is 2. The van der Waals surface area contributed by atoms with Crippen molar-refractivity contribution in [2.24, 2.45) is 5.16 Å². The van der Waals surface area contributed by atoms with Crippen LogP contribution in [0, 0.1) is 0 Å². The molecule has 0 aromatic heterocycles. The summed E-state index contributed by atoms with van der Waals surface area (Å²) in [6, 6.07) is 5.02. The minimum absolute atomic E-state index is 0.115. The lowest BCUT2D eigenvalue weighted by Gasteiger charge is -2.19. The highest BCUT2D eigenvalue weighted by atomic mass is 127. The second-order valence-corrected chi connectivity index (χ2v) is 4.91. The molecular weight excluding hydrogens is 358 g/mol. The third-order valence-corrected chi connectivity index (χ3v) is 3.72. The molecular formula is C12H11F3INO. The van der Waals surface area contributed by atoms with Gasteiger partial charge in [-0.25, -0.2) is 0 Å². The van der Waals surface area contributed by atoms with Crippen LogP contribution in [-0.4, -0.2) is 16.2 Å². The van der Waals surface area contributed by atoms with Gasteiger partial charge >= 0.3 is 6.18 Å². The lowest BCUT2D eigenvalue weighted by molar-refractivity contribution is -0.137. The van der Waals surface area contributed by atoms with Crippen LogP contribution in [0.2, 0.25) is 0 Å². The highest BCUT2D eigenvalue weighted by Gasteiger charge is 2.30. The number of hydrogen-bond acceptors (Lipinski definition) is 2. The molecule has 0 N–H and O–H groups in total. The Morgan fingerprint density at radius 3 is 2.39 bits per heavy atom. The molecule has 1 aromatic carbocycles. The van der Waals surface area contributed by atoms with Crippen molar-refractivity contribution in [1.29, 1.82) is 0 Å². The summed E-state index contributed by atoms with van der Waals surface area (Å²) in [7, 11) is 0. The van der Waals surface area contributed by atoms with Crippen LogP contribution in [0.25, 0.3) is 0 Å². The molecule has 1 heterocycles. The van der Waals surface area contributed by atoms with Gasteiger partial charge < -0.3 is 4.84 Å². The van der Waals surface area contributed by atoms with E-state index in [0.717, 1.165) is 29.4 Å². The smallest absolute Gasteiger partial charge is 0.391 e. The first kappa shape index (κ1) is 13.6. The van der Waals surface area contributed by atoms with E-state index in [2.05, 4.69) is 27.7 Å². The van der Waals surface area contributed by atoms with E-state index in [-0.39, 0.29) is 6.10 Å². The van der Waals surface area contributed by atoms with Crippen molar-refractivity contribution in [2.45, 2.75) is 25.1 Å². The van der Waals surface area contributed by atoms with Gasteiger partial charge in [0.15, 0.2) is 0 Å². The van der Waals surface area contributed by atoms with E-state index in [1.807, 2.05) is 0 Å². The van der Waals surface area contributed by atoms with Crippen molar-refractivity contribution in [3.63, 3.8) is 0 Å². The third kappa shape index (κ3) is 3.15. The lowest BCUT2D eigenvalue weighted by atomic mass is 10.0. The Morgan fingerprint density at radius 2 is 1.94 bits per heavy atom. The number of benzene rings is 1. The Balaban J connectivity index is 2.14. The number of alkyl halides is 4. The number of hydrogen-bond donors (Lipinski definition) is 0. The monoisotopic (exact) mass is 369 g/mol. The van der Waals surface area contributed by atoms with Crippen LogP contribution in [0.4, 0.5) is 13.2 Å². The summed E-state index contributed by atoms with van der Waals surface area (Å²) in [5.41, 5.74) is 0.758. The molecule has 0 bridgehead atoms. The molecule has 2 rings (SSSR count). The number of nitrogens with zero attached hydrogens (tertiary/aromatic N) is 1. The molecule has 0 saturated carbocycles. The Hall–Kier alpha value is -0.790. The summed E-state index contributed by atoms with van der Waals surface area (Å²) < 4.78 is 38.1. The topological polar surface area (TPSA) is 21.6 Å². The molecule has 98 valence electrons. The summed E-state index contributed by atoms with van der Waals surface area (Å²) >= 11 is 2.22. The van der Waals surface area contributed by atoms with Crippen LogP contribution in [0.15, 0.2) is 29.4 Å². The van der Waals surface area contributed by atoms with Gasteiger partial charge in [0.25, 0.3) is 0 Å². The van der Waals surface area contributed by atoms with E-state index >= 15 is 0 Å². The molecule has 6 heteroatoms. The zero-order valence-electron chi connectivity index (χ0n) is 9.38. The Bertz CT molecular complexity index is 442. The van der Waals surface area contributed by atoms with Gasteiger partial charge in [0.05, 0.1) is 11.3 Å². The Labute approximate surface area is 116 Å². The van der Waals surface area contributed by atoms with Crippen LogP contribution in [0.1, 0.15) is 24.0 Å². The quantitative estimate of drug-likeness (QED) is 0.570. The highest BCUT2D eigenvalue weighted by molar-refractivity contribution is 14.1. The van der Waals surface area contributed by atoms with E-state index in [1.165, 1.54) is 12.1 Å². The molecule has 0 fully saturated rings. The standard InChI is InChI=1S/C12H11F3INO/c13-12(14,15)9-3-1-8(2-4-9)11-6-5-10(7-16)18-17-11/h1-4,10H,5-7H2. The average Bonchev–Trinajstić information content (AvgIpc) is 2.38. The molecule has 1 aromatic rings. The normalized spacial score (nSPS) is 20.2. The SMILES string of the molecule is FC(F)(F)c1ccc(C2=NOC(CI)CC2)cc1. The Morgan fingerprint density at radius 1 is 1.28 bits per heavy atom. The molecule has 2 nitrogen and oxygen atoms in total.